The van der Waals surface area contributed by atoms with Crippen LogP contribution >= 0.6 is 0 Å². The molecule has 2 amide bonds. The van der Waals surface area contributed by atoms with Crippen LogP contribution in [0, 0.1) is 6.92 Å². The van der Waals surface area contributed by atoms with Crippen molar-refractivity contribution in [1.29, 1.82) is 0 Å². The van der Waals surface area contributed by atoms with Crippen LogP contribution in [0.2, 0.25) is 0 Å². The molecule has 0 spiro atoms. The fourth-order valence-corrected chi connectivity index (χ4v) is 2.73. The van der Waals surface area contributed by atoms with E-state index in [-0.39, 0.29) is 18.2 Å². The molecule has 26 heavy (non-hydrogen) atoms. The standard InChI is InChI=1S/C20H24N4O2/c1-13-5-8-18(16(9-13)20(2,3)4)26-12-21-19(25)23-15-7-6-14-11-22-24-17(14)10-15/h5-11H,12H2,1-4H3,(H,22,24)(H2,21,23,25). The number of urea groups is 1. The molecule has 0 aliphatic carbocycles. The smallest absolute Gasteiger partial charge is 0.321 e. The molecule has 136 valence electrons. The van der Waals surface area contributed by atoms with Crippen molar-refractivity contribution in [3.8, 4) is 5.75 Å². The lowest BCUT2D eigenvalue weighted by Gasteiger charge is -2.23. The summed E-state index contributed by atoms with van der Waals surface area (Å²) < 4.78 is 5.80. The van der Waals surface area contributed by atoms with Gasteiger partial charge in [0.1, 0.15) is 5.75 Å². The Bertz CT molecular complexity index is 925. The lowest BCUT2D eigenvalue weighted by Crippen LogP contribution is -2.32. The first-order valence-corrected chi connectivity index (χ1v) is 8.55. The predicted octanol–water partition coefficient (Wildman–Crippen LogP) is 4.33. The van der Waals surface area contributed by atoms with E-state index in [1.54, 1.807) is 6.20 Å². The number of ether oxygens (including phenoxy) is 1. The molecule has 0 saturated carbocycles. The third-order valence-corrected chi connectivity index (χ3v) is 4.10. The van der Waals surface area contributed by atoms with Crippen LogP contribution in [0.3, 0.4) is 0 Å². The van der Waals surface area contributed by atoms with Gasteiger partial charge in [0.2, 0.25) is 0 Å². The Kier molecular flexibility index (Phi) is 4.84. The summed E-state index contributed by atoms with van der Waals surface area (Å²) in [4.78, 5) is 12.1. The summed E-state index contributed by atoms with van der Waals surface area (Å²) in [7, 11) is 0. The highest BCUT2D eigenvalue weighted by Crippen LogP contribution is 2.32. The SMILES string of the molecule is Cc1ccc(OCNC(=O)Nc2ccc3cn[nH]c3c2)c(C(C)(C)C)c1. The van der Waals surface area contributed by atoms with Gasteiger partial charge in [-0.25, -0.2) is 4.79 Å². The van der Waals surface area contributed by atoms with Crippen molar-refractivity contribution in [2.24, 2.45) is 0 Å². The quantitative estimate of drug-likeness (QED) is 0.612. The summed E-state index contributed by atoms with van der Waals surface area (Å²) in [6.45, 7) is 8.56. The molecule has 0 unspecified atom stereocenters. The number of nitrogens with one attached hydrogen (secondary N) is 3. The molecular formula is C20H24N4O2. The topological polar surface area (TPSA) is 79.0 Å². The summed E-state index contributed by atoms with van der Waals surface area (Å²) in [5.74, 6) is 0.780. The number of hydrogen-bond donors (Lipinski definition) is 3. The maximum atomic E-state index is 12.1. The molecule has 0 bridgehead atoms. The van der Waals surface area contributed by atoms with Gasteiger partial charge in [-0.2, -0.15) is 5.10 Å². The van der Waals surface area contributed by atoms with Crippen LogP contribution in [-0.2, 0) is 5.41 Å². The van der Waals surface area contributed by atoms with Gasteiger partial charge in [-0.1, -0.05) is 38.5 Å². The van der Waals surface area contributed by atoms with E-state index in [0.717, 1.165) is 22.2 Å². The molecule has 0 fully saturated rings. The normalized spacial score (nSPS) is 11.4. The Balaban J connectivity index is 1.58. The zero-order chi connectivity index (χ0) is 18.7. The molecular weight excluding hydrogens is 328 g/mol. The molecule has 1 aromatic heterocycles. The van der Waals surface area contributed by atoms with Crippen LogP contribution in [0.25, 0.3) is 10.9 Å². The van der Waals surface area contributed by atoms with Crippen LogP contribution in [0.15, 0.2) is 42.6 Å². The summed E-state index contributed by atoms with van der Waals surface area (Å²) in [5, 5.41) is 13.3. The van der Waals surface area contributed by atoms with Crippen molar-refractivity contribution in [2.75, 3.05) is 12.0 Å². The van der Waals surface area contributed by atoms with Gasteiger partial charge in [0.15, 0.2) is 6.73 Å². The first-order chi connectivity index (χ1) is 12.3. The molecule has 3 N–H and O–H groups in total. The number of aromatic amines is 1. The number of anilines is 1. The van der Waals surface area contributed by atoms with E-state index in [1.165, 1.54) is 5.56 Å². The Morgan fingerprint density at radius 2 is 2.00 bits per heavy atom. The number of nitrogens with zero attached hydrogens (tertiary/aromatic N) is 1. The largest absolute Gasteiger partial charge is 0.473 e. The number of aryl methyl sites for hydroxylation is 1. The number of benzene rings is 2. The second kappa shape index (κ2) is 7.07. The number of amides is 2. The number of hydrogen-bond acceptors (Lipinski definition) is 3. The van der Waals surface area contributed by atoms with E-state index < -0.39 is 0 Å². The Hall–Kier alpha value is -3.02. The summed E-state index contributed by atoms with van der Waals surface area (Å²) in [6, 6.07) is 11.3. The van der Waals surface area contributed by atoms with E-state index in [0.29, 0.717) is 5.69 Å². The van der Waals surface area contributed by atoms with Crippen LogP contribution < -0.4 is 15.4 Å². The summed E-state index contributed by atoms with van der Waals surface area (Å²) in [5.41, 5.74) is 3.81. The van der Waals surface area contributed by atoms with Crippen LogP contribution in [-0.4, -0.2) is 23.0 Å². The van der Waals surface area contributed by atoms with Gasteiger partial charge < -0.3 is 15.4 Å². The molecule has 6 nitrogen and oxygen atoms in total. The van der Waals surface area contributed by atoms with Crippen LogP contribution in [0.1, 0.15) is 31.9 Å². The van der Waals surface area contributed by atoms with Gasteiger partial charge >= 0.3 is 6.03 Å². The van der Waals surface area contributed by atoms with E-state index in [2.05, 4.69) is 54.6 Å². The highest BCUT2D eigenvalue weighted by atomic mass is 16.5. The fraction of sp³-hybridized carbons (Fsp3) is 0.300. The average molecular weight is 352 g/mol. The second-order valence-electron chi connectivity index (χ2n) is 7.34. The molecule has 0 aliphatic rings. The van der Waals surface area contributed by atoms with Crippen molar-refractivity contribution < 1.29 is 9.53 Å². The molecule has 0 saturated heterocycles. The van der Waals surface area contributed by atoms with Gasteiger partial charge in [-0.3, -0.25) is 5.10 Å². The van der Waals surface area contributed by atoms with Crippen LogP contribution in [0.4, 0.5) is 10.5 Å². The highest BCUT2D eigenvalue weighted by Gasteiger charge is 2.19. The Labute approximate surface area is 152 Å². The highest BCUT2D eigenvalue weighted by molar-refractivity contribution is 5.92. The Morgan fingerprint density at radius 1 is 1.19 bits per heavy atom. The molecule has 6 heteroatoms. The zero-order valence-corrected chi connectivity index (χ0v) is 15.5. The fourth-order valence-electron chi connectivity index (χ4n) is 2.73. The zero-order valence-electron chi connectivity index (χ0n) is 15.5. The van der Waals surface area contributed by atoms with Gasteiger partial charge in [-0.15, -0.1) is 0 Å². The molecule has 1 heterocycles. The minimum atomic E-state index is -0.326. The minimum absolute atomic E-state index is 0.0386. The maximum Gasteiger partial charge on any atom is 0.321 e. The molecule has 0 radical (unpaired) electrons. The van der Waals surface area contributed by atoms with E-state index in [4.69, 9.17) is 4.74 Å². The van der Waals surface area contributed by atoms with Crippen molar-refractivity contribution in [2.45, 2.75) is 33.1 Å². The first-order valence-electron chi connectivity index (χ1n) is 8.55. The van der Waals surface area contributed by atoms with Crippen molar-refractivity contribution in [3.05, 3.63) is 53.7 Å². The number of rotatable bonds is 4. The Morgan fingerprint density at radius 3 is 2.77 bits per heavy atom. The van der Waals surface area contributed by atoms with Gasteiger partial charge in [-0.05, 0) is 42.2 Å². The number of carbonyl (C=O) groups is 1. The van der Waals surface area contributed by atoms with Crippen LogP contribution in [0.5, 0.6) is 5.75 Å². The minimum Gasteiger partial charge on any atom is -0.473 e. The van der Waals surface area contributed by atoms with E-state index in [9.17, 15) is 4.79 Å². The molecule has 3 aromatic rings. The molecule has 0 atom stereocenters. The second-order valence-corrected chi connectivity index (χ2v) is 7.34. The van der Waals surface area contributed by atoms with Gasteiger partial charge in [0, 0.05) is 11.1 Å². The summed E-state index contributed by atoms with van der Waals surface area (Å²) >= 11 is 0. The third kappa shape index (κ3) is 4.14. The van der Waals surface area contributed by atoms with E-state index in [1.807, 2.05) is 30.3 Å². The maximum absolute atomic E-state index is 12.1. The van der Waals surface area contributed by atoms with Crippen molar-refractivity contribution in [3.63, 3.8) is 0 Å². The first kappa shape index (κ1) is 17.8. The van der Waals surface area contributed by atoms with Crippen molar-refractivity contribution >= 4 is 22.6 Å². The summed E-state index contributed by atoms with van der Waals surface area (Å²) in [6.07, 6.45) is 1.74. The number of fused-ring (bicyclic) bond motifs is 1. The number of aromatic nitrogens is 2. The van der Waals surface area contributed by atoms with E-state index >= 15 is 0 Å². The number of carbonyl (C=O) groups excluding carboxylic acids is 1. The predicted molar refractivity (Wildman–Crippen MR) is 104 cm³/mol. The average Bonchev–Trinajstić information content (AvgIpc) is 3.03. The molecule has 0 aliphatic heterocycles. The molecule has 3 rings (SSSR count). The van der Waals surface area contributed by atoms with Gasteiger partial charge in [0.05, 0.1) is 11.7 Å². The lowest BCUT2D eigenvalue weighted by atomic mass is 9.85. The monoisotopic (exact) mass is 352 g/mol. The number of H-pyrrole nitrogens is 1. The van der Waals surface area contributed by atoms with Gasteiger partial charge in [0.25, 0.3) is 0 Å². The third-order valence-electron chi connectivity index (χ3n) is 4.10. The molecule has 2 aromatic carbocycles. The lowest BCUT2D eigenvalue weighted by molar-refractivity contribution is 0.233. The van der Waals surface area contributed by atoms with Crippen molar-refractivity contribution in [1.82, 2.24) is 15.5 Å².